The highest BCUT2D eigenvalue weighted by Gasteiger charge is 2.11. The average Bonchev–Trinajstić information content (AvgIpc) is 2.22. The molecule has 94 valence electrons. The lowest BCUT2D eigenvalue weighted by molar-refractivity contribution is -0.109. The maximum Gasteiger partial charge on any atom is 0.347 e. The summed E-state index contributed by atoms with van der Waals surface area (Å²) >= 11 is 0. The molecule has 2 N–H and O–H groups in total. The van der Waals surface area contributed by atoms with E-state index in [0.717, 1.165) is 4.68 Å². The summed E-state index contributed by atoms with van der Waals surface area (Å²) in [5.41, 5.74) is -0.834. The van der Waals surface area contributed by atoms with E-state index in [-0.39, 0.29) is 27.4 Å². The van der Waals surface area contributed by atoms with E-state index in [9.17, 15) is 14.4 Å². The summed E-state index contributed by atoms with van der Waals surface area (Å²) in [5, 5.41) is 8.89. The molecule has 1 heterocycles. The highest BCUT2D eigenvalue weighted by Crippen LogP contribution is 2.15. The number of aromatic nitrogens is 2. The van der Waals surface area contributed by atoms with Crippen LogP contribution in [0.25, 0.3) is 0 Å². The topological polar surface area (TPSA) is 95.4 Å². The monoisotopic (exact) mass is 259 g/mol. The van der Waals surface area contributed by atoms with Gasteiger partial charge in [-0.2, -0.15) is 0 Å². The highest BCUT2D eigenvalue weighted by molar-refractivity contribution is 7.58. The van der Waals surface area contributed by atoms with Crippen LogP contribution in [0.5, 0.6) is 0 Å². The Kier molecular flexibility index (Phi) is 4.60. The number of aromatic amines is 1. The van der Waals surface area contributed by atoms with Gasteiger partial charge in [0.25, 0.3) is 5.56 Å². The van der Waals surface area contributed by atoms with Crippen molar-refractivity contribution in [3.63, 3.8) is 0 Å². The van der Waals surface area contributed by atoms with Gasteiger partial charge in [0.15, 0.2) is 5.52 Å². The molecule has 0 saturated carbocycles. The Hall–Kier alpha value is -1.46. The van der Waals surface area contributed by atoms with Crippen LogP contribution in [0.1, 0.15) is 12.5 Å². The highest BCUT2D eigenvalue weighted by atomic mass is 31.1. The number of hydrogen-bond acceptors (Lipinski definition) is 5. The Morgan fingerprint density at radius 2 is 2.24 bits per heavy atom. The summed E-state index contributed by atoms with van der Waals surface area (Å²) in [4.78, 5) is 36.0. The number of carbonyl (C=O) groups excluding carboxylic acids is 1. The summed E-state index contributed by atoms with van der Waals surface area (Å²) in [6, 6.07) is 0. The molecule has 8 heteroatoms. The number of hydrogen-bond donors (Lipinski definition) is 2. The standard InChI is InChI=1S/C9H14N3O4P/c1-6-5-11(9(16)10-8(6)15)12(3-4-13)17-7(2)14/h5,13,17H,3-4H2,1-2H3,(H,10,15,16). The van der Waals surface area contributed by atoms with E-state index >= 15 is 0 Å². The fraction of sp³-hybridized carbons (Fsp3) is 0.444. The van der Waals surface area contributed by atoms with Crippen molar-refractivity contribution in [1.82, 2.24) is 9.66 Å². The predicted molar refractivity (Wildman–Crippen MR) is 65.2 cm³/mol. The maximum absolute atomic E-state index is 11.6. The minimum atomic E-state index is -0.622. The van der Waals surface area contributed by atoms with Gasteiger partial charge in [0, 0.05) is 18.7 Å². The van der Waals surface area contributed by atoms with Gasteiger partial charge in [-0.3, -0.25) is 19.4 Å². The van der Waals surface area contributed by atoms with Crippen LogP contribution < -0.4 is 16.0 Å². The van der Waals surface area contributed by atoms with E-state index in [1.807, 2.05) is 0 Å². The van der Waals surface area contributed by atoms with Crippen LogP contribution in [-0.2, 0) is 4.79 Å². The zero-order chi connectivity index (χ0) is 13.0. The Morgan fingerprint density at radius 1 is 1.59 bits per heavy atom. The van der Waals surface area contributed by atoms with Crippen molar-refractivity contribution in [3.8, 4) is 0 Å². The molecule has 0 radical (unpaired) electrons. The molecule has 1 rings (SSSR count). The van der Waals surface area contributed by atoms with Gasteiger partial charge in [0.2, 0.25) is 0 Å². The predicted octanol–water partition coefficient (Wildman–Crippen LogP) is -1.08. The van der Waals surface area contributed by atoms with E-state index in [4.69, 9.17) is 5.11 Å². The van der Waals surface area contributed by atoms with Crippen LogP contribution in [0.3, 0.4) is 0 Å². The lowest BCUT2D eigenvalue weighted by Crippen LogP contribution is -2.42. The number of rotatable bonds is 5. The first-order chi connectivity index (χ1) is 7.95. The molecule has 0 spiro atoms. The van der Waals surface area contributed by atoms with Gasteiger partial charge in [0.1, 0.15) is 0 Å². The molecule has 0 amide bonds. The fourth-order valence-electron chi connectivity index (χ4n) is 1.23. The molecule has 1 aromatic rings. The van der Waals surface area contributed by atoms with Gasteiger partial charge >= 0.3 is 5.69 Å². The first kappa shape index (κ1) is 13.6. The van der Waals surface area contributed by atoms with Crippen LogP contribution in [0.4, 0.5) is 0 Å². The molecular weight excluding hydrogens is 245 g/mol. The second-order valence-electron chi connectivity index (χ2n) is 3.43. The number of nitrogens with one attached hydrogen (secondary N) is 1. The van der Waals surface area contributed by atoms with E-state index in [1.54, 1.807) is 6.92 Å². The third-order valence-corrected chi connectivity index (χ3v) is 2.97. The molecule has 1 unspecified atom stereocenters. The summed E-state index contributed by atoms with van der Waals surface area (Å²) in [6.45, 7) is 2.91. The van der Waals surface area contributed by atoms with Crippen molar-refractivity contribution >= 4 is 14.3 Å². The number of nitrogens with zero attached hydrogens (tertiary/aromatic N) is 2. The number of aliphatic hydroxyl groups is 1. The molecule has 17 heavy (non-hydrogen) atoms. The third kappa shape index (κ3) is 3.51. The number of aryl methyl sites for hydroxylation is 1. The van der Waals surface area contributed by atoms with Crippen molar-refractivity contribution in [3.05, 3.63) is 32.6 Å². The molecule has 1 aromatic heterocycles. The van der Waals surface area contributed by atoms with Crippen LogP contribution in [0.2, 0.25) is 0 Å². The van der Waals surface area contributed by atoms with Crippen molar-refractivity contribution in [2.75, 3.05) is 17.9 Å². The Balaban J connectivity index is 3.18. The van der Waals surface area contributed by atoms with Gasteiger partial charge in [-0.05, 0) is 6.92 Å². The smallest absolute Gasteiger partial charge is 0.347 e. The summed E-state index contributed by atoms with van der Waals surface area (Å²) < 4.78 is 2.54. The van der Waals surface area contributed by atoms with Crippen LogP contribution in [0, 0.1) is 6.92 Å². The first-order valence-electron chi connectivity index (χ1n) is 4.94. The number of H-pyrrole nitrogens is 1. The van der Waals surface area contributed by atoms with Gasteiger partial charge in [0.05, 0.1) is 21.9 Å². The van der Waals surface area contributed by atoms with Gasteiger partial charge in [-0.15, -0.1) is 0 Å². The minimum Gasteiger partial charge on any atom is -0.394 e. The third-order valence-electron chi connectivity index (χ3n) is 1.96. The normalized spacial score (nSPS) is 11.0. The largest absolute Gasteiger partial charge is 0.394 e. The van der Waals surface area contributed by atoms with Gasteiger partial charge < -0.3 is 5.11 Å². The Morgan fingerprint density at radius 3 is 2.76 bits per heavy atom. The average molecular weight is 259 g/mol. The zero-order valence-electron chi connectivity index (χ0n) is 9.56. The minimum absolute atomic E-state index is 0.116. The van der Waals surface area contributed by atoms with Crippen molar-refractivity contribution in [2.45, 2.75) is 13.8 Å². The number of aliphatic hydroxyl groups excluding tert-OH is 1. The molecule has 0 aliphatic rings. The van der Waals surface area contributed by atoms with Gasteiger partial charge in [-0.1, -0.05) is 0 Å². The van der Waals surface area contributed by atoms with Crippen molar-refractivity contribution in [2.24, 2.45) is 0 Å². The molecule has 0 fully saturated rings. The van der Waals surface area contributed by atoms with Crippen LogP contribution >= 0.6 is 8.73 Å². The summed E-state index contributed by atoms with van der Waals surface area (Å²) in [6.07, 6.45) is 1.35. The molecule has 0 bridgehead atoms. The molecule has 0 aliphatic heterocycles. The van der Waals surface area contributed by atoms with Crippen LogP contribution in [-0.4, -0.2) is 33.4 Å². The lowest BCUT2D eigenvalue weighted by Gasteiger charge is -2.23. The lowest BCUT2D eigenvalue weighted by atomic mass is 10.4. The van der Waals surface area contributed by atoms with Crippen LogP contribution in [0.15, 0.2) is 15.8 Å². The van der Waals surface area contributed by atoms with E-state index in [0.29, 0.717) is 5.56 Å². The van der Waals surface area contributed by atoms with E-state index in [1.165, 1.54) is 17.9 Å². The second-order valence-corrected chi connectivity index (χ2v) is 4.87. The molecule has 1 atom stereocenters. The van der Waals surface area contributed by atoms with E-state index < -0.39 is 11.2 Å². The SMILES string of the molecule is CC(=O)PN(CCO)n1cc(C)c(=O)[nH]c1=O. The summed E-state index contributed by atoms with van der Waals surface area (Å²) in [7, 11) is -0.271. The molecule has 0 aromatic carbocycles. The Bertz CT molecular complexity index is 522. The fourth-order valence-corrected chi connectivity index (χ4v) is 2.06. The van der Waals surface area contributed by atoms with Crippen molar-refractivity contribution < 1.29 is 9.90 Å². The van der Waals surface area contributed by atoms with Crippen molar-refractivity contribution in [1.29, 1.82) is 0 Å². The maximum atomic E-state index is 11.6. The van der Waals surface area contributed by atoms with Gasteiger partial charge in [-0.25, -0.2) is 9.47 Å². The molecular formula is C9H14N3O4P. The second kappa shape index (κ2) is 5.75. The zero-order valence-corrected chi connectivity index (χ0v) is 10.6. The molecule has 0 saturated heterocycles. The summed E-state index contributed by atoms with van der Waals surface area (Å²) in [5.74, 6) is 0. The van der Waals surface area contributed by atoms with E-state index in [2.05, 4.69) is 4.98 Å². The molecule has 7 nitrogen and oxygen atoms in total. The first-order valence-corrected chi connectivity index (χ1v) is 5.89. The quantitative estimate of drug-likeness (QED) is 0.655. The molecule has 0 aliphatic carbocycles. The number of carbonyl (C=O) groups is 1. The Labute approximate surface area is 98.9 Å².